The van der Waals surface area contributed by atoms with Gasteiger partial charge in [0.05, 0.1) is 16.0 Å². The van der Waals surface area contributed by atoms with Crippen molar-refractivity contribution in [2.24, 2.45) is 0 Å². The molecule has 2 N–H and O–H groups in total. The molecule has 1 aliphatic heterocycles. The Morgan fingerprint density at radius 1 is 0.973 bits per heavy atom. The third-order valence-electron chi connectivity index (χ3n) is 5.98. The van der Waals surface area contributed by atoms with Crippen LogP contribution in [0, 0.1) is 0 Å². The highest BCUT2D eigenvalue weighted by Crippen LogP contribution is 2.26. The monoisotopic (exact) mass is 601 g/mol. The number of benzene rings is 3. The number of hydrogen-bond acceptors (Lipinski definition) is 5. The number of carbonyl (C=O) groups excluding carboxylic acids is 1. The molecular formula is C27H28BrN3O4S2. The first kappa shape index (κ1) is 27.3. The van der Waals surface area contributed by atoms with Crippen LogP contribution in [0.25, 0.3) is 0 Å². The molecule has 194 valence electrons. The van der Waals surface area contributed by atoms with Crippen LogP contribution in [0.3, 0.4) is 0 Å². The molecule has 0 radical (unpaired) electrons. The van der Waals surface area contributed by atoms with Crippen LogP contribution in [0.5, 0.6) is 5.75 Å². The molecule has 0 unspecified atom stereocenters. The molecule has 0 atom stereocenters. The number of halogens is 1. The normalized spacial score (nSPS) is 14.1. The summed E-state index contributed by atoms with van der Waals surface area (Å²) in [6.07, 6.45) is 3.60. The first-order valence-electron chi connectivity index (χ1n) is 12.0. The molecular weight excluding hydrogens is 574 g/mol. The van der Waals surface area contributed by atoms with E-state index in [9.17, 15) is 13.2 Å². The van der Waals surface area contributed by atoms with Crippen molar-refractivity contribution in [2.75, 3.05) is 25.0 Å². The molecule has 37 heavy (non-hydrogen) atoms. The minimum atomic E-state index is -3.50. The zero-order valence-electron chi connectivity index (χ0n) is 20.2. The Hall–Kier alpha value is -2.79. The van der Waals surface area contributed by atoms with Gasteiger partial charge in [-0.2, -0.15) is 4.31 Å². The number of carbonyl (C=O) groups is 1. The Kier molecular flexibility index (Phi) is 9.31. The van der Waals surface area contributed by atoms with Gasteiger partial charge in [-0.1, -0.05) is 36.8 Å². The predicted octanol–water partition coefficient (Wildman–Crippen LogP) is 5.37. The van der Waals surface area contributed by atoms with Gasteiger partial charge in [0.15, 0.2) is 5.11 Å². The molecule has 1 fully saturated rings. The van der Waals surface area contributed by atoms with E-state index in [0.717, 1.165) is 25.7 Å². The van der Waals surface area contributed by atoms with Gasteiger partial charge in [-0.25, -0.2) is 8.42 Å². The van der Waals surface area contributed by atoms with Gasteiger partial charge < -0.3 is 10.1 Å². The van der Waals surface area contributed by atoms with Crippen LogP contribution >= 0.6 is 28.1 Å². The number of nitrogens with zero attached hydrogens (tertiary/aromatic N) is 1. The molecule has 3 aromatic carbocycles. The molecule has 7 nitrogen and oxygen atoms in total. The van der Waals surface area contributed by atoms with Gasteiger partial charge in [0.25, 0.3) is 5.91 Å². The van der Waals surface area contributed by atoms with Gasteiger partial charge >= 0.3 is 0 Å². The van der Waals surface area contributed by atoms with Crippen LogP contribution in [0.1, 0.15) is 35.2 Å². The van der Waals surface area contributed by atoms with Crippen LogP contribution in [0.15, 0.2) is 82.2 Å². The number of rotatable bonds is 8. The van der Waals surface area contributed by atoms with Crippen molar-refractivity contribution >= 4 is 54.9 Å². The Morgan fingerprint density at radius 3 is 2.35 bits per heavy atom. The number of thiocarbonyl (C=S) groups is 1. The predicted molar refractivity (Wildman–Crippen MR) is 153 cm³/mol. The van der Waals surface area contributed by atoms with Gasteiger partial charge in [0.2, 0.25) is 10.0 Å². The van der Waals surface area contributed by atoms with E-state index < -0.39 is 10.0 Å². The van der Waals surface area contributed by atoms with E-state index in [1.807, 2.05) is 18.2 Å². The molecule has 0 bridgehead atoms. The minimum Gasteiger partial charge on any atom is -0.492 e. The SMILES string of the molecule is O=C(NC(=S)Nc1ccc(S(=O)(=O)N2CCCCC2)cc1)c1ccc(OCCc2ccccc2)c(Br)c1. The summed E-state index contributed by atoms with van der Waals surface area (Å²) < 4.78 is 33.7. The standard InChI is InChI=1S/C27H28BrN3O4S2/c28-24-19-21(9-14-25(24)35-18-15-20-7-3-1-4-8-20)26(32)30-27(36)29-22-10-12-23(13-11-22)37(33,34)31-16-5-2-6-17-31/h1,3-4,7-14,19H,2,5-6,15-18H2,(H2,29,30,32,36). The molecule has 0 aliphatic carbocycles. The van der Waals surface area contributed by atoms with Gasteiger partial charge in [-0.3, -0.25) is 10.1 Å². The van der Waals surface area contributed by atoms with Gasteiger partial charge in [0, 0.05) is 30.8 Å². The number of hydrogen-bond donors (Lipinski definition) is 2. The van der Waals surface area contributed by atoms with Crippen molar-refractivity contribution in [3.63, 3.8) is 0 Å². The molecule has 0 spiro atoms. The number of anilines is 1. The maximum Gasteiger partial charge on any atom is 0.257 e. The zero-order valence-corrected chi connectivity index (χ0v) is 23.4. The summed E-state index contributed by atoms with van der Waals surface area (Å²) in [5, 5.41) is 5.68. The first-order chi connectivity index (χ1) is 17.8. The molecule has 3 aromatic rings. The topological polar surface area (TPSA) is 87.7 Å². The highest BCUT2D eigenvalue weighted by atomic mass is 79.9. The molecule has 1 amide bonds. The summed E-state index contributed by atoms with van der Waals surface area (Å²) in [6.45, 7) is 1.62. The second kappa shape index (κ2) is 12.6. The number of amides is 1. The fourth-order valence-corrected chi connectivity index (χ4v) is 6.21. The Balaban J connectivity index is 1.29. The van der Waals surface area contributed by atoms with Gasteiger partial charge in [-0.15, -0.1) is 0 Å². The van der Waals surface area contributed by atoms with E-state index in [0.29, 0.717) is 41.2 Å². The summed E-state index contributed by atoms with van der Waals surface area (Å²) in [6, 6.07) is 21.5. The third-order valence-corrected chi connectivity index (χ3v) is 8.71. The lowest BCUT2D eigenvalue weighted by atomic mass is 10.2. The maximum atomic E-state index is 12.8. The zero-order chi connectivity index (χ0) is 26.3. The second-order valence-corrected chi connectivity index (χ2v) is 11.8. The smallest absolute Gasteiger partial charge is 0.257 e. The van der Waals surface area contributed by atoms with Gasteiger partial charge in [-0.05, 0) is 89.0 Å². The van der Waals surface area contributed by atoms with E-state index >= 15 is 0 Å². The van der Waals surface area contributed by atoms with Crippen LogP contribution < -0.4 is 15.4 Å². The summed E-state index contributed by atoms with van der Waals surface area (Å²) in [5.74, 6) is 0.270. The number of ether oxygens (including phenoxy) is 1. The molecule has 1 saturated heterocycles. The molecule has 1 heterocycles. The van der Waals surface area contributed by atoms with E-state index in [1.54, 1.807) is 42.5 Å². The van der Waals surface area contributed by atoms with Crippen molar-refractivity contribution in [1.82, 2.24) is 9.62 Å². The van der Waals surface area contributed by atoms with Crippen LogP contribution in [-0.4, -0.2) is 43.4 Å². The average molecular weight is 603 g/mol. The summed E-state index contributed by atoms with van der Waals surface area (Å²) in [7, 11) is -3.50. The Labute approximate surface area is 231 Å². The highest BCUT2D eigenvalue weighted by Gasteiger charge is 2.25. The maximum absolute atomic E-state index is 12.8. The summed E-state index contributed by atoms with van der Waals surface area (Å²) in [4.78, 5) is 12.9. The number of sulfonamides is 1. The van der Waals surface area contributed by atoms with Crippen molar-refractivity contribution in [2.45, 2.75) is 30.6 Å². The Morgan fingerprint density at radius 2 is 1.68 bits per heavy atom. The molecule has 0 aromatic heterocycles. The fourth-order valence-electron chi connectivity index (χ4n) is 3.98. The van der Waals surface area contributed by atoms with Gasteiger partial charge in [0.1, 0.15) is 5.75 Å². The van der Waals surface area contributed by atoms with Crippen LogP contribution in [-0.2, 0) is 16.4 Å². The molecule has 4 rings (SSSR count). The first-order valence-corrected chi connectivity index (χ1v) is 14.7. The van der Waals surface area contributed by atoms with Crippen LogP contribution in [0.4, 0.5) is 5.69 Å². The fraction of sp³-hybridized carbons (Fsp3) is 0.259. The number of piperidine rings is 1. The van der Waals surface area contributed by atoms with Crippen molar-refractivity contribution in [3.8, 4) is 5.75 Å². The lowest BCUT2D eigenvalue weighted by Gasteiger charge is -2.25. The largest absolute Gasteiger partial charge is 0.492 e. The van der Waals surface area contributed by atoms with Crippen molar-refractivity contribution < 1.29 is 17.9 Å². The van der Waals surface area contributed by atoms with E-state index in [-0.39, 0.29) is 15.9 Å². The minimum absolute atomic E-state index is 0.107. The Bertz CT molecular complexity index is 1340. The van der Waals surface area contributed by atoms with E-state index in [4.69, 9.17) is 17.0 Å². The van der Waals surface area contributed by atoms with Crippen molar-refractivity contribution in [1.29, 1.82) is 0 Å². The highest BCUT2D eigenvalue weighted by molar-refractivity contribution is 9.10. The quantitative estimate of drug-likeness (QED) is 0.337. The van der Waals surface area contributed by atoms with E-state index in [1.165, 1.54) is 9.87 Å². The van der Waals surface area contributed by atoms with Crippen LogP contribution in [0.2, 0.25) is 0 Å². The molecule has 10 heteroatoms. The molecule has 1 aliphatic rings. The summed E-state index contributed by atoms with van der Waals surface area (Å²) in [5.41, 5.74) is 2.18. The summed E-state index contributed by atoms with van der Waals surface area (Å²) >= 11 is 8.74. The van der Waals surface area contributed by atoms with E-state index in [2.05, 4.69) is 38.7 Å². The van der Waals surface area contributed by atoms with Crippen molar-refractivity contribution in [3.05, 3.63) is 88.4 Å². The lowest BCUT2D eigenvalue weighted by molar-refractivity contribution is 0.0977. The lowest BCUT2D eigenvalue weighted by Crippen LogP contribution is -2.35. The third kappa shape index (κ3) is 7.38. The molecule has 0 saturated carbocycles. The average Bonchev–Trinajstić information content (AvgIpc) is 2.91. The number of nitrogens with one attached hydrogen (secondary N) is 2. The second-order valence-electron chi connectivity index (χ2n) is 8.63.